The number of nitrogens with zero attached hydrogens (tertiary/aromatic N) is 2. The van der Waals surface area contributed by atoms with Gasteiger partial charge in [-0.3, -0.25) is 9.59 Å². The Bertz CT molecular complexity index is 739. The lowest BCUT2D eigenvalue weighted by atomic mass is 10.2. The van der Waals surface area contributed by atoms with Gasteiger partial charge in [-0.25, -0.2) is 10.9 Å². The van der Waals surface area contributed by atoms with Crippen molar-refractivity contribution < 1.29 is 9.59 Å². The fourth-order valence-electron chi connectivity index (χ4n) is 1.67. The molecule has 2 N–H and O–H groups in total. The number of carbonyl (C=O) groups excluding carboxylic acids is 2. The van der Waals surface area contributed by atoms with Gasteiger partial charge in [-0.1, -0.05) is 47.5 Å². The molecule has 0 atom stereocenters. The molecule has 0 saturated heterocycles. The number of amides is 2. The van der Waals surface area contributed by atoms with Crippen LogP contribution in [0.15, 0.2) is 58.7 Å². The quantitative estimate of drug-likeness (QED) is 0.632. The lowest BCUT2D eigenvalue weighted by Gasteiger charge is -2.01. The van der Waals surface area contributed by atoms with Crippen molar-refractivity contribution in [3.8, 4) is 0 Å². The Morgan fingerprint density at radius 1 is 0.750 bits per heavy atom. The van der Waals surface area contributed by atoms with E-state index in [1.54, 1.807) is 48.5 Å². The molecule has 6 nitrogen and oxygen atoms in total. The lowest BCUT2D eigenvalue weighted by Crippen LogP contribution is -2.19. The normalized spacial score (nSPS) is 10.9. The van der Waals surface area contributed by atoms with Crippen LogP contribution in [-0.2, 0) is 0 Å². The van der Waals surface area contributed by atoms with Crippen molar-refractivity contribution in [2.45, 2.75) is 0 Å². The van der Waals surface area contributed by atoms with Gasteiger partial charge in [-0.2, -0.15) is 10.2 Å². The zero-order valence-corrected chi connectivity index (χ0v) is 13.8. The number of benzene rings is 2. The molecule has 122 valence electrons. The minimum atomic E-state index is -0.453. The van der Waals surface area contributed by atoms with Gasteiger partial charge < -0.3 is 0 Å². The number of halogens is 2. The summed E-state index contributed by atoms with van der Waals surface area (Å²) in [5.41, 5.74) is 5.19. The molecular weight excluding hydrogens is 351 g/mol. The monoisotopic (exact) mass is 362 g/mol. The van der Waals surface area contributed by atoms with Crippen molar-refractivity contribution in [1.82, 2.24) is 10.9 Å². The number of rotatable bonds is 5. The average molecular weight is 363 g/mol. The van der Waals surface area contributed by atoms with E-state index < -0.39 is 11.8 Å². The van der Waals surface area contributed by atoms with Crippen LogP contribution in [0.3, 0.4) is 0 Å². The first kappa shape index (κ1) is 17.7. The fourth-order valence-corrected chi connectivity index (χ4v) is 2.11. The Morgan fingerprint density at radius 2 is 1.12 bits per heavy atom. The zero-order chi connectivity index (χ0) is 17.4. The van der Waals surface area contributed by atoms with E-state index in [0.29, 0.717) is 21.2 Å². The largest absolute Gasteiger partial charge is 0.272 e. The van der Waals surface area contributed by atoms with Gasteiger partial charge in [-0.05, 0) is 24.3 Å². The van der Waals surface area contributed by atoms with Crippen molar-refractivity contribution in [2.75, 3.05) is 0 Å². The highest BCUT2D eigenvalue weighted by atomic mass is 35.5. The molecule has 0 aliphatic heterocycles. The molecule has 24 heavy (non-hydrogen) atoms. The van der Waals surface area contributed by atoms with Crippen LogP contribution in [-0.4, -0.2) is 24.2 Å². The number of nitrogens with one attached hydrogen (secondary N) is 2. The maximum absolute atomic E-state index is 11.8. The maximum atomic E-state index is 11.8. The van der Waals surface area contributed by atoms with Crippen LogP contribution >= 0.6 is 23.2 Å². The molecule has 0 bridgehead atoms. The first-order chi connectivity index (χ1) is 11.6. The van der Waals surface area contributed by atoms with Crippen molar-refractivity contribution in [3.63, 3.8) is 0 Å². The predicted molar refractivity (Wildman–Crippen MR) is 94.8 cm³/mol. The van der Waals surface area contributed by atoms with E-state index in [4.69, 9.17) is 23.2 Å². The van der Waals surface area contributed by atoms with E-state index in [2.05, 4.69) is 21.1 Å². The Hall–Kier alpha value is -2.70. The Morgan fingerprint density at radius 3 is 1.50 bits per heavy atom. The van der Waals surface area contributed by atoms with Gasteiger partial charge in [0.1, 0.15) is 0 Å². The lowest BCUT2D eigenvalue weighted by molar-refractivity contribution is 0.0946. The summed E-state index contributed by atoms with van der Waals surface area (Å²) in [6.07, 6.45) is 2.42. The van der Waals surface area contributed by atoms with Crippen LogP contribution in [0, 0.1) is 0 Å². The maximum Gasteiger partial charge on any atom is 0.272 e. The molecule has 2 aromatic carbocycles. The van der Waals surface area contributed by atoms with Crippen molar-refractivity contribution in [1.29, 1.82) is 0 Å². The first-order valence-electron chi connectivity index (χ1n) is 6.74. The average Bonchev–Trinajstić information content (AvgIpc) is 2.58. The number of hydrogen-bond acceptors (Lipinski definition) is 4. The van der Waals surface area contributed by atoms with Gasteiger partial charge in [0, 0.05) is 0 Å². The second-order valence-electron chi connectivity index (χ2n) is 4.40. The van der Waals surface area contributed by atoms with Crippen LogP contribution in [0.5, 0.6) is 0 Å². The highest BCUT2D eigenvalue weighted by Gasteiger charge is 2.08. The third-order valence-corrected chi connectivity index (χ3v) is 3.44. The van der Waals surface area contributed by atoms with Gasteiger partial charge in [0.05, 0.1) is 33.6 Å². The zero-order valence-electron chi connectivity index (χ0n) is 12.2. The summed E-state index contributed by atoms with van der Waals surface area (Å²) >= 11 is 11.8. The third kappa shape index (κ3) is 4.91. The molecule has 0 aliphatic carbocycles. The van der Waals surface area contributed by atoms with Crippen LogP contribution < -0.4 is 10.9 Å². The summed E-state index contributed by atoms with van der Waals surface area (Å²) in [5.74, 6) is -0.907. The molecule has 0 unspecified atom stereocenters. The Kier molecular flexibility index (Phi) is 6.48. The number of hydrogen-bond donors (Lipinski definition) is 2. The molecule has 8 heteroatoms. The molecule has 0 aromatic heterocycles. The van der Waals surface area contributed by atoms with E-state index >= 15 is 0 Å². The number of carbonyl (C=O) groups is 2. The third-order valence-electron chi connectivity index (χ3n) is 2.78. The highest BCUT2D eigenvalue weighted by molar-refractivity contribution is 6.34. The van der Waals surface area contributed by atoms with Gasteiger partial charge >= 0.3 is 0 Å². The van der Waals surface area contributed by atoms with Crippen LogP contribution in [0.25, 0.3) is 0 Å². The standard InChI is InChI=1S/C16H12Cl2N4O2/c17-13-7-3-1-5-11(13)15(23)21-19-9-10-20-22-16(24)12-6-2-4-8-14(12)18/h1-10H,(H,21,23)(H,22,24)/b19-9-,20-10-. The highest BCUT2D eigenvalue weighted by Crippen LogP contribution is 2.15. The van der Waals surface area contributed by atoms with Gasteiger partial charge in [0.15, 0.2) is 0 Å². The van der Waals surface area contributed by atoms with Gasteiger partial charge in [0.2, 0.25) is 0 Å². The molecule has 2 rings (SSSR count). The molecule has 2 aromatic rings. The minimum absolute atomic E-state index is 0.306. The van der Waals surface area contributed by atoms with E-state index in [0.717, 1.165) is 0 Å². The van der Waals surface area contributed by atoms with E-state index in [1.165, 1.54) is 12.4 Å². The van der Waals surface area contributed by atoms with Crippen LogP contribution in [0.2, 0.25) is 10.0 Å². The van der Waals surface area contributed by atoms with Crippen LogP contribution in [0.1, 0.15) is 20.7 Å². The molecule has 0 radical (unpaired) electrons. The van der Waals surface area contributed by atoms with Crippen molar-refractivity contribution in [3.05, 3.63) is 69.7 Å². The molecule has 0 aliphatic rings. The Labute approximate surface area is 148 Å². The van der Waals surface area contributed by atoms with Crippen molar-refractivity contribution in [2.24, 2.45) is 10.2 Å². The fraction of sp³-hybridized carbons (Fsp3) is 0. The van der Waals surface area contributed by atoms with Gasteiger partial charge in [-0.15, -0.1) is 0 Å². The van der Waals surface area contributed by atoms with Crippen LogP contribution in [0.4, 0.5) is 0 Å². The molecular formula is C16H12Cl2N4O2. The van der Waals surface area contributed by atoms with Crippen molar-refractivity contribution >= 4 is 47.4 Å². The first-order valence-corrected chi connectivity index (χ1v) is 7.49. The summed E-state index contributed by atoms with van der Waals surface area (Å²) in [5, 5.41) is 7.98. The summed E-state index contributed by atoms with van der Waals surface area (Å²) in [7, 11) is 0. The van der Waals surface area contributed by atoms with E-state index in [1.807, 2.05) is 0 Å². The summed E-state index contributed by atoms with van der Waals surface area (Å²) < 4.78 is 0. The molecule has 0 heterocycles. The second kappa shape index (κ2) is 8.81. The Balaban J connectivity index is 1.83. The molecule has 0 saturated carbocycles. The summed E-state index contributed by atoms with van der Waals surface area (Å²) in [4.78, 5) is 23.6. The molecule has 0 spiro atoms. The molecule has 2 amide bonds. The minimum Gasteiger partial charge on any atom is -0.267 e. The topological polar surface area (TPSA) is 82.9 Å². The SMILES string of the molecule is O=C(N/N=C\C=N/NC(=O)c1ccccc1Cl)c1ccccc1Cl. The summed E-state index contributed by atoms with van der Waals surface area (Å²) in [6.45, 7) is 0. The predicted octanol–water partition coefficient (Wildman–Crippen LogP) is 3.12. The van der Waals surface area contributed by atoms with E-state index in [9.17, 15) is 9.59 Å². The second-order valence-corrected chi connectivity index (χ2v) is 5.21. The van der Waals surface area contributed by atoms with E-state index in [-0.39, 0.29) is 0 Å². The number of hydrazone groups is 2. The molecule has 0 fully saturated rings. The van der Waals surface area contributed by atoms with Gasteiger partial charge in [0.25, 0.3) is 11.8 Å². The summed E-state index contributed by atoms with van der Waals surface area (Å²) in [6, 6.07) is 13.2. The smallest absolute Gasteiger partial charge is 0.267 e.